The van der Waals surface area contributed by atoms with E-state index in [9.17, 15) is 5.11 Å². The Hall–Kier alpha value is -2.75. The molecule has 0 spiro atoms. The molecule has 26 heavy (non-hydrogen) atoms. The molecule has 6 nitrogen and oxygen atoms in total. The number of hydrogen-bond donors (Lipinski definition) is 2. The van der Waals surface area contributed by atoms with Crippen LogP contribution in [-0.2, 0) is 13.5 Å². The number of nitrogens with one attached hydrogen (secondary N) is 1. The number of fused-ring (bicyclic) bond motifs is 1. The van der Waals surface area contributed by atoms with E-state index >= 15 is 0 Å². The van der Waals surface area contributed by atoms with Gasteiger partial charge in [-0.15, -0.1) is 0 Å². The summed E-state index contributed by atoms with van der Waals surface area (Å²) in [5.74, 6) is 1.31. The van der Waals surface area contributed by atoms with Crippen molar-refractivity contribution in [3.63, 3.8) is 0 Å². The van der Waals surface area contributed by atoms with E-state index in [4.69, 9.17) is 21.6 Å². The Balaban J connectivity index is 1.53. The van der Waals surface area contributed by atoms with Crippen LogP contribution in [0.5, 0.6) is 5.75 Å². The van der Waals surface area contributed by atoms with Crippen molar-refractivity contribution in [1.29, 1.82) is 5.26 Å². The minimum absolute atomic E-state index is 0.153. The molecular weight excluding hydrogens is 352 g/mol. The van der Waals surface area contributed by atoms with Crippen molar-refractivity contribution in [1.82, 2.24) is 9.55 Å². The number of halogens is 1. The molecule has 3 rings (SSSR count). The van der Waals surface area contributed by atoms with Crippen LogP contribution in [0.4, 0.5) is 5.95 Å². The zero-order valence-corrected chi connectivity index (χ0v) is 15.1. The highest BCUT2D eigenvalue weighted by Gasteiger charge is 2.11. The number of anilines is 1. The third kappa shape index (κ3) is 4.26. The number of aliphatic hydroxyl groups is 1. The van der Waals surface area contributed by atoms with Crippen LogP contribution < -0.4 is 10.1 Å². The summed E-state index contributed by atoms with van der Waals surface area (Å²) in [5, 5.41) is 22.6. The highest BCUT2D eigenvalue weighted by Crippen LogP contribution is 2.21. The number of rotatable bonds is 7. The molecule has 0 saturated carbocycles. The van der Waals surface area contributed by atoms with Gasteiger partial charge in [0.05, 0.1) is 23.5 Å². The average Bonchev–Trinajstić information content (AvgIpc) is 2.94. The molecular formula is C19H19ClN4O2. The molecule has 1 aromatic heterocycles. The number of benzene rings is 2. The first-order chi connectivity index (χ1) is 12.6. The van der Waals surface area contributed by atoms with Crippen molar-refractivity contribution in [3.05, 3.63) is 53.1 Å². The van der Waals surface area contributed by atoms with Gasteiger partial charge >= 0.3 is 0 Å². The molecule has 2 N–H and O–H groups in total. The maximum absolute atomic E-state index is 10.1. The van der Waals surface area contributed by atoms with Gasteiger partial charge in [0.25, 0.3) is 0 Å². The summed E-state index contributed by atoms with van der Waals surface area (Å²) in [6.45, 7) is 0.456. The van der Waals surface area contributed by atoms with E-state index in [-0.39, 0.29) is 6.61 Å². The van der Waals surface area contributed by atoms with Crippen LogP contribution in [0.25, 0.3) is 11.0 Å². The number of hydrogen-bond acceptors (Lipinski definition) is 5. The smallest absolute Gasteiger partial charge is 0.203 e. The Morgan fingerprint density at radius 1 is 1.31 bits per heavy atom. The maximum Gasteiger partial charge on any atom is 0.203 e. The van der Waals surface area contributed by atoms with E-state index in [2.05, 4.69) is 16.4 Å². The molecule has 134 valence electrons. The number of nitrogens with zero attached hydrogens (tertiary/aromatic N) is 3. The maximum atomic E-state index is 10.1. The SMILES string of the molecule is Cn1c(NCC(O)COc2ccc(CC#N)cc2)nc2cc(Cl)ccc21. The van der Waals surface area contributed by atoms with Gasteiger partial charge in [-0.3, -0.25) is 0 Å². The van der Waals surface area contributed by atoms with Crippen LogP contribution in [0.15, 0.2) is 42.5 Å². The Morgan fingerprint density at radius 3 is 2.81 bits per heavy atom. The first-order valence-corrected chi connectivity index (χ1v) is 8.57. The van der Waals surface area contributed by atoms with E-state index in [1.165, 1.54) is 0 Å². The number of aromatic nitrogens is 2. The first kappa shape index (κ1) is 18.1. The number of nitriles is 1. The molecule has 0 fully saturated rings. The molecule has 0 aliphatic carbocycles. The molecule has 0 saturated heterocycles. The van der Waals surface area contributed by atoms with Crippen LogP contribution in [-0.4, -0.2) is 33.9 Å². The largest absolute Gasteiger partial charge is 0.491 e. The number of aliphatic hydroxyl groups excluding tert-OH is 1. The third-order valence-corrected chi connectivity index (χ3v) is 4.22. The molecule has 0 radical (unpaired) electrons. The molecule has 3 aromatic rings. The second kappa shape index (κ2) is 8.09. The molecule has 0 bridgehead atoms. The lowest BCUT2D eigenvalue weighted by Crippen LogP contribution is -2.27. The van der Waals surface area contributed by atoms with Crippen molar-refractivity contribution in [2.24, 2.45) is 7.05 Å². The minimum atomic E-state index is -0.697. The normalized spacial score (nSPS) is 11.9. The summed E-state index contributed by atoms with van der Waals surface area (Å²) in [6.07, 6.45) is -0.326. The monoisotopic (exact) mass is 370 g/mol. The predicted molar refractivity (Wildman–Crippen MR) is 101 cm³/mol. The van der Waals surface area contributed by atoms with E-state index in [1.807, 2.05) is 35.9 Å². The fourth-order valence-corrected chi connectivity index (χ4v) is 2.75. The molecule has 0 amide bonds. The van der Waals surface area contributed by atoms with Gasteiger partial charge in [-0.05, 0) is 35.9 Å². The first-order valence-electron chi connectivity index (χ1n) is 8.19. The van der Waals surface area contributed by atoms with Crippen molar-refractivity contribution in [2.45, 2.75) is 12.5 Å². The molecule has 0 aliphatic heterocycles. The highest BCUT2D eigenvalue weighted by atomic mass is 35.5. The summed E-state index contributed by atoms with van der Waals surface area (Å²) in [4.78, 5) is 4.48. The number of aryl methyl sites for hydroxylation is 1. The van der Waals surface area contributed by atoms with Gasteiger partial charge in [-0.1, -0.05) is 23.7 Å². The summed E-state index contributed by atoms with van der Waals surface area (Å²) in [6, 6.07) is 14.9. The van der Waals surface area contributed by atoms with Crippen molar-refractivity contribution < 1.29 is 9.84 Å². The fraction of sp³-hybridized carbons (Fsp3) is 0.263. The van der Waals surface area contributed by atoms with Crippen LogP contribution in [0.1, 0.15) is 5.56 Å². The number of imidazole rings is 1. The van der Waals surface area contributed by atoms with Crippen molar-refractivity contribution >= 4 is 28.6 Å². The summed E-state index contributed by atoms with van der Waals surface area (Å²) >= 11 is 5.99. The predicted octanol–water partition coefficient (Wildman–Crippen LogP) is 3.14. The number of ether oxygens (including phenoxy) is 1. The standard InChI is InChI=1S/C19H19ClN4O2/c1-24-18-7-4-14(20)10-17(18)23-19(24)22-11-15(25)12-26-16-5-2-13(3-6-16)8-9-21/h2-7,10,15,25H,8,11-12H2,1H3,(H,22,23). The van der Waals surface area contributed by atoms with E-state index in [0.717, 1.165) is 16.6 Å². The van der Waals surface area contributed by atoms with Gasteiger partial charge in [0.15, 0.2) is 0 Å². The lowest BCUT2D eigenvalue weighted by atomic mass is 10.2. The minimum Gasteiger partial charge on any atom is -0.491 e. The second-order valence-corrected chi connectivity index (χ2v) is 6.39. The average molecular weight is 371 g/mol. The molecule has 1 atom stereocenters. The topological polar surface area (TPSA) is 83.1 Å². The van der Waals surface area contributed by atoms with Gasteiger partial charge < -0.3 is 19.7 Å². The van der Waals surface area contributed by atoms with E-state index in [0.29, 0.717) is 29.7 Å². The third-order valence-electron chi connectivity index (χ3n) is 3.99. The van der Waals surface area contributed by atoms with Gasteiger partial charge in [-0.2, -0.15) is 5.26 Å². The lowest BCUT2D eigenvalue weighted by molar-refractivity contribution is 0.117. The lowest BCUT2D eigenvalue weighted by Gasteiger charge is -2.14. The molecule has 1 heterocycles. The van der Waals surface area contributed by atoms with Crippen LogP contribution in [0.2, 0.25) is 5.02 Å². The van der Waals surface area contributed by atoms with Gasteiger partial charge in [0, 0.05) is 18.6 Å². The van der Waals surface area contributed by atoms with Gasteiger partial charge in [-0.25, -0.2) is 4.98 Å². The van der Waals surface area contributed by atoms with Crippen LogP contribution >= 0.6 is 11.6 Å². The Bertz CT molecular complexity index is 931. The van der Waals surface area contributed by atoms with E-state index < -0.39 is 6.10 Å². The summed E-state index contributed by atoms with van der Waals surface area (Å²) in [5.41, 5.74) is 2.69. The Labute approximate surface area is 156 Å². The Morgan fingerprint density at radius 2 is 2.08 bits per heavy atom. The van der Waals surface area contributed by atoms with Crippen LogP contribution in [0.3, 0.4) is 0 Å². The highest BCUT2D eigenvalue weighted by molar-refractivity contribution is 6.31. The summed E-state index contributed by atoms with van der Waals surface area (Å²) in [7, 11) is 1.90. The zero-order valence-electron chi connectivity index (χ0n) is 14.3. The van der Waals surface area contributed by atoms with Gasteiger partial charge in [0.1, 0.15) is 18.5 Å². The Kier molecular flexibility index (Phi) is 5.61. The fourth-order valence-electron chi connectivity index (χ4n) is 2.59. The molecule has 7 heteroatoms. The van der Waals surface area contributed by atoms with Gasteiger partial charge in [0.2, 0.25) is 5.95 Å². The van der Waals surface area contributed by atoms with Crippen molar-refractivity contribution in [3.8, 4) is 11.8 Å². The van der Waals surface area contributed by atoms with Crippen LogP contribution in [0, 0.1) is 11.3 Å². The molecule has 1 unspecified atom stereocenters. The molecule has 2 aromatic carbocycles. The second-order valence-electron chi connectivity index (χ2n) is 5.95. The van der Waals surface area contributed by atoms with E-state index in [1.54, 1.807) is 18.2 Å². The van der Waals surface area contributed by atoms with Crippen molar-refractivity contribution in [2.75, 3.05) is 18.5 Å². The summed E-state index contributed by atoms with van der Waals surface area (Å²) < 4.78 is 7.49. The zero-order chi connectivity index (χ0) is 18.5. The molecule has 0 aliphatic rings. The quantitative estimate of drug-likeness (QED) is 0.667.